The molecule has 0 saturated carbocycles. The molecule has 3 aromatic rings. The molecule has 30 heavy (non-hydrogen) atoms. The number of nitrogens with zero attached hydrogens (tertiary/aromatic N) is 1. The van der Waals surface area contributed by atoms with E-state index in [1.54, 1.807) is 31.4 Å². The number of benzene rings is 2. The van der Waals surface area contributed by atoms with Gasteiger partial charge >= 0.3 is 5.97 Å². The van der Waals surface area contributed by atoms with Crippen molar-refractivity contribution in [1.29, 1.82) is 0 Å². The highest BCUT2D eigenvalue weighted by Crippen LogP contribution is 2.23. The third kappa shape index (κ3) is 6.05. The van der Waals surface area contributed by atoms with Crippen LogP contribution in [0.15, 0.2) is 53.9 Å². The first-order chi connectivity index (χ1) is 14.6. The van der Waals surface area contributed by atoms with E-state index in [1.165, 1.54) is 11.3 Å². The van der Waals surface area contributed by atoms with Crippen LogP contribution in [0.2, 0.25) is 0 Å². The van der Waals surface area contributed by atoms with Crippen LogP contribution < -0.4 is 14.8 Å². The standard InChI is InChI=1S/C22H22N2O5S/c1-3-20(25)15-4-8-19(9-5-15)28-13-21(26)29-12-17-14-30-22(24-17)23-16-6-10-18(27-2)11-7-16/h4-11,14H,3,12-13H2,1-2H3,(H,23,24). The molecule has 0 fully saturated rings. The third-order valence-electron chi connectivity index (χ3n) is 4.13. The van der Waals surface area contributed by atoms with Gasteiger partial charge in [-0.2, -0.15) is 0 Å². The van der Waals surface area contributed by atoms with Crippen LogP contribution >= 0.6 is 11.3 Å². The Morgan fingerprint density at radius 1 is 1.03 bits per heavy atom. The molecule has 1 N–H and O–H groups in total. The zero-order chi connectivity index (χ0) is 21.3. The monoisotopic (exact) mass is 426 g/mol. The maximum atomic E-state index is 11.9. The molecular weight excluding hydrogens is 404 g/mol. The molecule has 0 unspecified atom stereocenters. The first kappa shape index (κ1) is 21.3. The minimum atomic E-state index is -0.499. The minimum absolute atomic E-state index is 0.0603. The Bertz CT molecular complexity index is 984. The summed E-state index contributed by atoms with van der Waals surface area (Å²) in [4.78, 5) is 27.9. The van der Waals surface area contributed by atoms with Gasteiger partial charge in [-0.3, -0.25) is 4.79 Å². The number of anilines is 2. The fourth-order valence-corrected chi connectivity index (χ4v) is 3.22. The predicted octanol–water partition coefficient (Wildman–Crippen LogP) is 4.61. The van der Waals surface area contributed by atoms with Gasteiger partial charge in [-0.25, -0.2) is 9.78 Å². The highest BCUT2D eigenvalue weighted by atomic mass is 32.1. The van der Waals surface area contributed by atoms with Gasteiger partial charge in [0.25, 0.3) is 0 Å². The van der Waals surface area contributed by atoms with Crippen molar-refractivity contribution in [3.05, 3.63) is 65.2 Å². The van der Waals surface area contributed by atoms with Gasteiger partial charge in [0, 0.05) is 23.1 Å². The molecule has 1 heterocycles. The van der Waals surface area contributed by atoms with Crippen molar-refractivity contribution in [2.24, 2.45) is 0 Å². The molecule has 1 aromatic heterocycles. The molecule has 2 aromatic carbocycles. The summed E-state index contributed by atoms with van der Waals surface area (Å²) in [5, 5.41) is 5.71. The van der Waals surface area contributed by atoms with E-state index in [1.807, 2.05) is 36.6 Å². The van der Waals surface area contributed by atoms with Crippen LogP contribution in [0.4, 0.5) is 10.8 Å². The lowest BCUT2D eigenvalue weighted by Crippen LogP contribution is -2.15. The highest BCUT2D eigenvalue weighted by molar-refractivity contribution is 7.13. The Morgan fingerprint density at radius 3 is 2.40 bits per heavy atom. The summed E-state index contributed by atoms with van der Waals surface area (Å²) < 4.78 is 15.7. The number of hydrogen-bond acceptors (Lipinski definition) is 8. The van der Waals surface area contributed by atoms with Gasteiger partial charge in [-0.15, -0.1) is 11.3 Å². The second-order valence-electron chi connectivity index (χ2n) is 6.25. The fraction of sp³-hybridized carbons (Fsp3) is 0.227. The summed E-state index contributed by atoms with van der Waals surface area (Å²) in [6.07, 6.45) is 0.445. The highest BCUT2D eigenvalue weighted by Gasteiger charge is 2.09. The van der Waals surface area contributed by atoms with E-state index in [2.05, 4.69) is 10.3 Å². The van der Waals surface area contributed by atoms with Crippen molar-refractivity contribution in [2.75, 3.05) is 19.0 Å². The SMILES string of the molecule is CCC(=O)c1ccc(OCC(=O)OCc2csc(Nc3ccc(OC)cc3)n2)cc1. The molecule has 3 rings (SSSR count). The Balaban J connectivity index is 1.43. The number of carbonyl (C=O) groups excluding carboxylic acids is 2. The number of esters is 1. The summed E-state index contributed by atoms with van der Waals surface area (Å²) >= 11 is 1.42. The quantitative estimate of drug-likeness (QED) is 0.374. The number of thiazole rings is 1. The van der Waals surface area contributed by atoms with Gasteiger partial charge in [0.15, 0.2) is 17.5 Å². The van der Waals surface area contributed by atoms with Gasteiger partial charge in [0.2, 0.25) is 0 Å². The maximum absolute atomic E-state index is 11.9. The van der Waals surface area contributed by atoms with Crippen LogP contribution in [0.1, 0.15) is 29.4 Å². The number of ketones is 1. The smallest absolute Gasteiger partial charge is 0.344 e. The Hall–Kier alpha value is -3.39. The van der Waals surface area contributed by atoms with Crippen LogP contribution in [0.3, 0.4) is 0 Å². The molecule has 0 atom stereocenters. The zero-order valence-corrected chi connectivity index (χ0v) is 17.5. The summed E-state index contributed by atoms with van der Waals surface area (Å²) in [6.45, 7) is 1.65. The van der Waals surface area contributed by atoms with E-state index in [-0.39, 0.29) is 19.0 Å². The zero-order valence-electron chi connectivity index (χ0n) is 16.7. The van der Waals surface area contributed by atoms with E-state index >= 15 is 0 Å². The van der Waals surface area contributed by atoms with Crippen molar-refractivity contribution in [3.8, 4) is 11.5 Å². The number of rotatable bonds is 10. The molecule has 0 saturated heterocycles. The Labute approximate surface area is 178 Å². The number of nitrogens with one attached hydrogen (secondary N) is 1. The van der Waals surface area contributed by atoms with Crippen LogP contribution in [0.25, 0.3) is 0 Å². The largest absolute Gasteiger partial charge is 0.497 e. The first-order valence-corrected chi connectivity index (χ1v) is 10.2. The van der Waals surface area contributed by atoms with Crippen molar-refractivity contribution in [1.82, 2.24) is 4.98 Å². The summed E-state index contributed by atoms with van der Waals surface area (Å²) in [5.74, 6) is 0.839. The number of methoxy groups -OCH3 is 1. The van der Waals surface area contributed by atoms with E-state index < -0.39 is 5.97 Å². The van der Waals surface area contributed by atoms with Crippen molar-refractivity contribution >= 4 is 33.9 Å². The van der Waals surface area contributed by atoms with Crippen LogP contribution in [0, 0.1) is 0 Å². The molecule has 0 aliphatic carbocycles. The Kier molecular flexibility index (Phi) is 7.40. The lowest BCUT2D eigenvalue weighted by atomic mass is 10.1. The Morgan fingerprint density at radius 2 is 1.73 bits per heavy atom. The summed E-state index contributed by atoms with van der Waals surface area (Å²) in [6, 6.07) is 14.2. The van der Waals surface area contributed by atoms with Crippen molar-refractivity contribution < 1.29 is 23.8 Å². The van der Waals surface area contributed by atoms with Gasteiger partial charge in [-0.1, -0.05) is 6.92 Å². The molecule has 0 bridgehead atoms. The number of Topliss-reactive ketones (excluding diaryl/α,β-unsaturated/α-hetero) is 1. The second-order valence-corrected chi connectivity index (χ2v) is 7.11. The van der Waals surface area contributed by atoms with E-state index in [0.29, 0.717) is 28.6 Å². The average Bonchev–Trinajstić information content (AvgIpc) is 3.24. The van der Waals surface area contributed by atoms with E-state index in [9.17, 15) is 9.59 Å². The van der Waals surface area contributed by atoms with Gasteiger partial charge < -0.3 is 19.5 Å². The average molecular weight is 426 g/mol. The van der Waals surface area contributed by atoms with E-state index in [4.69, 9.17) is 14.2 Å². The second kappa shape index (κ2) is 10.4. The first-order valence-electron chi connectivity index (χ1n) is 9.34. The summed E-state index contributed by atoms with van der Waals surface area (Å²) in [7, 11) is 1.62. The molecule has 0 amide bonds. The van der Waals surface area contributed by atoms with Crippen molar-refractivity contribution in [2.45, 2.75) is 20.0 Å². The molecule has 7 nitrogen and oxygen atoms in total. The number of aromatic nitrogens is 1. The predicted molar refractivity (Wildman–Crippen MR) is 115 cm³/mol. The number of ether oxygens (including phenoxy) is 3. The van der Waals surface area contributed by atoms with Crippen LogP contribution in [-0.2, 0) is 16.1 Å². The number of carbonyl (C=O) groups is 2. The normalized spacial score (nSPS) is 10.3. The maximum Gasteiger partial charge on any atom is 0.344 e. The molecule has 0 aliphatic rings. The van der Waals surface area contributed by atoms with Gasteiger partial charge in [0.1, 0.15) is 18.1 Å². The van der Waals surface area contributed by atoms with E-state index in [0.717, 1.165) is 11.4 Å². The molecule has 8 heteroatoms. The molecule has 0 radical (unpaired) electrons. The topological polar surface area (TPSA) is 86.8 Å². The van der Waals surface area contributed by atoms with Crippen LogP contribution in [0.5, 0.6) is 11.5 Å². The van der Waals surface area contributed by atoms with Crippen LogP contribution in [-0.4, -0.2) is 30.5 Å². The molecule has 0 aliphatic heterocycles. The lowest BCUT2D eigenvalue weighted by Gasteiger charge is -2.07. The third-order valence-corrected chi connectivity index (χ3v) is 4.93. The lowest BCUT2D eigenvalue weighted by molar-refractivity contribution is -0.147. The van der Waals surface area contributed by atoms with Gasteiger partial charge in [-0.05, 0) is 48.5 Å². The molecular formula is C22H22N2O5S. The van der Waals surface area contributed by atoms with Gasteiger partial charge in [0.05, 0.1) is 12.8 Å². The van der Waals surface area contributed by atoms with Crippen molar-refractivity contribution in [3.63, 3.8) is 0 Å². The molecule has 0 spiro atoms. The minimum Gasteiger partial charge on any atom is -0.497 e. The number of hydrogen-bond donors (Lipinski definition) is 1. The summed E-state index contributed by atoms with van der Waals surface area (Å²) in [5.41, 5.74) is 2.15. The fourth-order valence-electron chi connectivity index (χ4n) is 2.51. The molecule has 156 valence electrons.